The van der Waals surface area contributed by atoms with Crippen LogP contribution in [0.4, 0.5) is 4.79 Å². The third kappa shape index (κ3) is 5.01. The predicted octanol–water partition coefficient (Wildman–Crippen LogP) is -0.909. The smallest absolute Gasteiger partial charge is 0.407 e. The minimum absolute atomic E-state index is 0.379. The summed E-state index contributed by atoms with van der Waals surface area (Å²) in [5.74, 6) is -1.04. The SMILES string of the molecule is COC(=O)N[C@@H](CCN1CCNCC1)C(=O)O. The van der Waals surface area contributed by atoms with Crippen molar-refractivity contribution in [2.75, 3.05) is 39.8 Å². The van der Waals surface area contributed by atoms with Gasteiger partial charge in [-0.1, -0.05) is 0 Å². The molecule has 1 atom stereocenters. The molecule has 0 aliphatic carbocycles. The van der Waals surface area contributed by atoms with Crippen LogP contribution in [0.15, 0.2) is 0 Å². The molecule has 0 aromatic rings. The van der Waals surface area contributed by atoms with Crippen molar-refractivity contribution >= 4 is 12.1 Å². The number of carboxylic acids is 1. The normalized spacial score (nSPS) is 18.4. The number of carbonyl (C=O) groups excluding carboxylic acids is 1. The number of ether oxygens (including phenoxy) is 1. The van der Waals surface area contributed by atoms with Crippen LogP contribution in [0.2, 0.25) is 0 Å². The number of amides is 1. The second kappa shape index (κ2) is 7.08. The van der Waals surface area contributed by atoms with E-state index < -0.39 is 18.1 Å². The molecule has 0 aromatic carbocycles. The van der Waals surface area contributed by atoms with Crippen molar-refractivity contribution in [2.45, 2.75) is 12.5 Å². The Morgan fingerprint density at radius 2 is 2.12 bits per heavy atom. The van der Waals surface area contributed by atoms with Crippen molar-refractivity contribution in [1.82, 2.24) is 15.5 Å². The lowest BCUT2D eigenvalue weighted by Crippen LogP contribution is -2.47. The van der Waals surface area contributed by atoms with Gasteiger partial charge in [0.25, 0.3) is 0 Å². The van der Waals surface area contributed by atoms with Crippen molar-refractivity contribution in [3.05, 3.63) is 0 Å². The topological polar surface area (TPSA) is 90.9 Å². The van der Waals surface area contributed by atoms with E-state index in [4.69, 9.17) is 5.11 Å². The van der Waals surface area contributed by atoms with E-state index in [9.17, 15) is 9.59 Å². The maximum Gasteiger partial charge on any atom is 0.407 e. The molecule has 1 rings (SSSR count). The first kappa shape index (κ1) is 13.7. The molecule has 17 heavy (non-hydrogen) atoms. The molecule has 7 heteroatoms. The molecule has 0 unspecified atom stereocenters. The molecule has 0 saturated carbocycles. The van der Waals surface area contributed by atoms with Crippen LogP contribution in [0.25, 0.3) is 0 Å². The van der Waals surface area contributed by atoms with Gasteiger partial charge in [-0.25, -0.2) is 9.59 Å². The zero-order valence-electron chi connectivity index (χ0n) is 9.94. The van der Waals surface area contributed by atoms with E-state index >= 15 is 0 Å². The van der Waals surface area contributed by atoms with E-state index in [0.29, 0.717) is 13.0 Å². The molecule has 1 fully saturated rings. The maximum atomic E-state index is 11.0. The molecule has 1 aliphatic rings. The number of hydrogen-bond donors (Lipinski definition) is 3. The number of nitrogens with one attached hydrogen (secondary N) is 2. The van der Waals surface area contributed by atoms with E-state index in [1.165, 1.54) is 7.11 Å². The van der Waals surface area contributed by atoms with Gasteiger partial charge in [0.2, 0.25) is 0 Å². The van der Waals surface area contributed by atoms with Crippen LogP contribution < -0.4 is 10.6 Å². The van der Waals surface area contributed by atoms with Gasteiger partial charge >= 0.3 is 12.1 Å². The van der Waals surface area contributed by atoms with E-state index in [1.807, 2.05) is 0 Å². The number of carbonyl (C=O) groups is 2. The van der Waals surface area contributed by atoms with Crippen molar-refractivity contribution in [1.29, 1.82) is 0 Å². The highest BCUT2D eigenvalue weighted by Crippen LogP contribution is 1.99. The second-order valence-electron chi connectivity index (χ2n) is 3.91. The fourth-order valence-electron chi connectivity index (χ4n) is 1.70. The first-order chi connectivity index (χ1) is 8.13. The molecule has 98 valence electrons. The number of methoxy groups -OCH3 is 1. The molecule has 3 N–H and O–H groups in total. The van der Waals surface area contributed by atoms with Crippen LogP contribution in [0.3, 0.4) is 0 Å². The van der Waals surface area contributed by atoms with Crippen LogP contribution in [-0.4, -0.2) is 67.9 Å². The number of carboxylic acid groups (broad SMARTS) is 1. The van der Waals surface area contributed by atoms with Gasteiger partial charge in [-0.2, -0.15) is 0 Å². The maximum absolute atomic E-state index is 11.0. The predicted molar refractivity (Wildman–Crippen MR) is 60.9 cm³/mol. The highest BCUT2D eigenvalue weighted by atomic mass is 16.5. The molecule has 7 nitrogen and oxygen atoms in total. The zero-order valence-corrected chi connectivity index (χ0v) is 9.94. The van der Waals surface area contributed by atoms with Gasteiger partial charge in [-0.15, -0.1) is 0 Å². The molecule has 1 amide bonds. The van der Waals surface area contributed by atoms with Gasteiger partial charge in [0.05, 0.1) is 7.11 Å². The van der Waals surface area contributed by atoms with E-state index in [-0.39, 0.29) is 0 Å². The largest absolute Gasteiger partial charge is 0.480 e. The van der Waals surface area contributed by atoms with Gasteiger partial charge in [0.15, 0.2) is 0 Å². The molecule has 0 spiro atoms. The van der Waals surface area contributed by atoms with Crippen molar-refractivity contribution < 1.29 is 19.4 Å². The third-order valence-corrected chi connectivity index (χ3v) is 2.72. The summed E-state index contributed by atoms with van der Waals surface area (Å²) in [6, 6.07) is -0.891. The summed E-state index contributed by atoms with van der Waals surface area (Å²) >= 11 is 0. The Hall–Kier alpha value is -1.34. The summed E-state index contributed by atoms with van der Waals surface area (Å²) in [6.07, 6.45) is -0.331. The molecule has 1 aliphatic heterocycles. The van der Waals surface area contributed by atoms with Gasteiger partial charge < -0.3 is 25.4 Å². The number of hydrogen-bond acceptors (Lipinski definition) is 5. The molecule has 0 aromatic heterocycles. The van der Waals surface area contributed by atoms with Crippen LogP contribution in [0.1, 0.15) is 6.42 Å². The Morgan fingerprint density at radius 3 is 2.65 bits per heavy atom. The monoisotopic (exact) mass is 245 g/mol. The molecule has 0 radical (unpaired) electrons. The quantitative estimate of drug-likeness (QED) is 0.581. The number of nitrogens with zero attached hydrogens (tertiary/aromatic N) is 1. The van der Waals surface area contributed by atoms with Gasteiger partial charge in [-0.05, 0) is 6.42 Å². The lowest BCUT2D eigenvalue weighted by atomic mass is 10.2. The average molecular weight is 245 g/mol. The van der Waals surface area contributed by atoms with E-state index in [2.05, 4.69) is 20.3 Å². The average Bonchev–Trinajstić information content (AvgIpc) is 2.35. The minimum atomic E-state index is -1.04. The van der Waals surface area contributed by atoms with Gasteiger partial charge in [0, 0.05) is 32.7 Å². The molecule has 1 saturated heterocycles. The fraction of sp³-hybridized carbons (Fsp3) is 0.800. The number of alkyl carbamates (subject to hydrolysis) is 1. The second-order valence-corrected chi connectivity index (χ2v) is 3.91. The Bertz CT molecular complexity index is 266. The van der Waals surface area contributed by atoms with Crippen LogP contribution in [-0.2, 0) is 9.53 Å². The number of rotatable bonds is 5. The molecule has 0 bridgehead atoms. The standard InChI is InChI=1S/C10H19N3O4/c1-17-10(16)12-8(9(14)15)2-5-13-6-3-11-4-7-13/h8,11H,2-7H2,1H3,(H,12,16)(H,14,15)/t8-/m0/s1. The Balaban J connectivity index is 2.32. The Morgan fingerprint density at radius 1 is 1.47 bits per heavy atom. The highest BCUT2D eigenvalue weighted by molar-refractivity contribution is 5.79. The van der Waals surface area contributed by atoms with E-state index in [1.54, 1.807) is 0 Å². The van der Waals surface area contributed by atoms with Crippen molar-refractivity contribution in [3.8, 4) is 0 Å². The molecular formula is C10H19N3O4. The summed E-state index contributed by atoms with van der Waals surface area (Å²) in [5.41, 5.74) is 0. The van der Waals surface area contributed by atoms with Crippen molar-refractivity contribution in [2.24, 2.45) is 0 Å². The first-order valence-electron chi connectivity index (χ1n) is 5.64. The third-order valence-electron chi connectivity index (χ3n) is 2.72. The van der Waals surface area contributed by atoms with Crippen molar-refractivity contribution in [3.63, 3.8) is 0 Å². The lowest BCUT2D eigenvalue weighted by molar-refractivity contribution is -0.139. The highest BCUT2D eigenvalue weighted by Gasteiger charge is 2.21. The van der Waals surface area contributed by atoms with Crippen LogP contribution >= 0.6 is 0 Å². The van der Waals surface area contributed by atoms with E-state index in [0.717, 1.165) is 26.2 Å². The van der Waals surface area contributed by atoms with Gasteiger partial charge in [-0.3, -0.25) is 0 Å². The minimum Gasteiger partial charge on any atom is -0.480 e. The van der Waals surface area contributed by atoms with Crippen LogP contribution in [0, 0.1) is 0 Å². The number of aliphatic carboxylic acids is 1. The summed E-state index contributed by atoms with van der Waals surface area (Å²) in [7, 11) is 1.21. The zero-order chi connectivity index (χ0) is 12.7. The van der Waals surface area contributed by atoms with Crippen LogP contribution in [0.5, 0.6) is 0 Å². The number of piperazine rings is 1. The summed E-state index contributed by atoms with van der Waals surface area (Å²) < 4.78 is 4.39. The molecular weight excluding hydrogens is 226 g/mol. The molecule has 1 heterocycles. The Labute approximate surface area is 100 Å². The first-order valence-corrected chi connectivity index (χ1v) is 5.64. The summed E-state index contributed by atoms with van der Waals surface area (Å²) in [4.78, 5) is 24.1. The summed E-state index contributed by atoms with van der Waals surface area (Å²) in [6.45, 7) is 4.31. The summed E-state index contributed by atoms with van der Waals surface area (Å²) in [5, 5.41) is 14.5. The fourth-order valence-corrected chi connectivity index (χ4v) is 1.70. The van der Waals surface area contributed by atoms with Gasteiger partial charge in [0.1, 0.15) is 6.04 Å². The lowest BCUT2D eigenvalue weighted by Gasteiger charge is -2.28. The Kier molecular flexibility index (Phi) is 5.71.